The van der Waals surface area contributed by atoms with Gasteiger partial charge in [0.1, 0.15) is 5.75 Å². The fourth-order valence-electron chi connectivity index (χ4n) is 1.78. The van der Waals surface area contributed by atoms with E-state index in [4.69, 9.17) is 9.84 Å². The van der Waals surface area contributed by atoms with Crippen molar-refractivity contribution in [3.63, 3.8) is 0 Å². The first kappa shape index (κ1) is 13.8. The Morgan fingerprint density at radius 3 is 2.55 bits per heavy atom. The van der Waals surface area contributed by atoms with Crippen LogP contribution in [0.15, 0.2) is 48.8 Å². The lowest BCUT2D eigenvalue weighted by molar-refractivity contribution is -0.685. The fourth-order valence-corrected chi connectivity index (χ4v) is 1.78. The molecular weight excluding hydrogens is 254 g/mol. The molecule has 0 bridgehead atoms. The van der Waals surface area contributed by atoms with Gasteiger partial charge in [-0.25, -0.2) is 4.79 Å². The largest absolute Gasteiger partial charge is 0.497 e. The summed E-state index contributed by atoms with van der Waals surface area (Å²) < 4.78 is 6.78. The summed E-state index contributed by atoms with van der Waals surface area (Å²) in [6, 6.07) is 11.5. The van der Waals surface area contributed by atoms with Crippen LogP contribution in [0.25, 0.3) is 12.2 Å². The minimum absolute atomic E-state index is 0.0279. The Kier molecular flexibility index (Phi) is 4.50. The number of hydrogen-bond acceptors (Lipinski definition) is 2. The number of aromatic nitrogens is 1. The maximum Gasteiger partial charge on any atom is 0.370 e. The molecule has 1 heterocycles. The van der Waals surface area contributed by atoms with Gasteiger partial charge in [0, 0.05) is 12.1 Å². The molecule has 0 aliphatic carbocycles. The van der Waals surface area contributed by atoms with Crippen LogP contribution in [0.4, 0.5) is 0 Å². The van der Waals surface area contributed by atoms with Crippen LogP contribution in [0.2, 0.25) is 0 Å². The monoisotopic (exact) mass is 270 g/mol. The summed E-state index contributed by atoms with van der Waals surface area (Å²) in [5.41, 5.74) is 2.06. The Hall–Kier alpha value is -2.62. The van der Waals surface area contributed by atoms with Gasteiger partial charge in [0.2, 0.25) is 6.54 Å². The first-order valence-corrected chi connectivity index (χ1v) is 6.20. The molecule has 0 spiro atoms. The first-order valence-electron chi connectivity index (χ1n) is 6.20. The molecule has 0 aliphatic rings. The standard InChI is InChI=1S/C16H15NO3/c1-20-15-4-2-3-14(11-15)6-5-13-7-9-17(10-8-13)12-16(18)19/h2-11H,12H2,1H3/p+1/b6-5-. The summed E-state index contributed by atoms with van der Waals surface area (Å²) in [6.45, 7) is -0.0279. The van der Waals surface area contributed by atoms with Crippen LogP contribution in [-0.4, -0.2) is 18.2 Å². The van der Waals surface area contributed by atoms with E-state index < -0.39 is 5.97 Å². The highest BCUT2D eigenvalue weighted by Crippen LogP contribution is 2.14. The Labute approximate surface area is 117 Å². The van der Waals surface area contributed by atoms with Crippen molar-refractivity contribution in [2.75, 3.05) is 7.11 Å². The summed E-state index contributed by atoms with van der Waals surface area (Å²) in [4.78, 5) is 10.6. The van der Waals surface area contributed by atoms with E-state index in [2.05, 4.69) is 0 Å². The molecule has 102 valence electrons. The van der Waals surface area contributed by atoms with Crippen molar-refractivity contribution < 1.29 is 19.2 Å². The van der Waals surface area contributed by atoms with E-state index in [1.54, 1.807) is 24.1 Å². The SMILES string of the molecule is COc1cccc(/C=C\c2cc[n+](CC(=O)O)cc2)c1. The van der Waals surface area contributed by atoms with E-state index in [-0.39, 0.29) is 6.54 Å². The summed E-state index contributed by atoms with van der Waals surface area (Å²) in [7, 11) is 1.64. The molecule has 4 heteroatoms. The van der Waals surface area contributed by atoms with Crippen molar-refractivity contribution in [2.45, 2.75) is 6.54 Å². The minimum atomic E-state index is -0.852. The predicted octanol–water partition coefficient (Wildman–Crippen LogP) is 2.24. The van der Waals surface area contributed by atoms with Gasteiger partial charge in [-0.1, -0.05) is 24.3 Å². The van der Waals surface area contributed by atoms with Gasteiger partial charge < -0.3 is 9.84 Å². The molecule has 1 aromatic carbocycles. The Bertz CT molecular complexity index is 618. The second kappa shape index (κ2) is 6.52. The van der Waals surface area contributed by atoms with E-state index in [1.807, 2.05) is 48.6 Å². The maximum absolute atomic E-state index is 10.6. The molecular formula is C16H16NO3+. The molecule has 1 aromatic heterocycles. The zero-order valence-electron chi connectivity index (χ0n) is 11.2. The van der Waals surface area contributed by atoms with E-state index in [0.717, 1.165) is 16.9 Å². The molecule has 20 heavy (non-hydrogen) atoms. The maximum atomic E-state index is 10.6. The quantitative estimate of drug-likeness (QED) is 0.848. The lowest BCUT2D eigenvalue weighted by Gasteiger charge is -2.00. The molecule has 2 aromatic rings. The van der Waals surface area contributed by atoms with Gasteiger partial charge in [0.25, 0.3) is 0 Å². The summed E-state index contributed by atoms with van der Waals surface area (Å²) in [5, 5.41) is 8.69. The third-order valence-corrected chi connectivity index (χ3v) is 2.80. The van der Waals surface area contributed by atoms with Crippen LogP contribution >= 0.6 is 0 Å². The summed E-state index contributed by atoms with van der Waals surface area (Å²) >= 11 is 0. The van der Waals surface area contributed by atoms with Crippen molar-refractivity contribution in [1.29, 1.82) is 0 Å². The summed E-state index contributed by atoms with van der Waals surface area (Å²) in [6.07, 6.45) is 7.46. The second-order valence-electron chi connectivity index (χ2n) is 4.31. The molecule has 0 aliphatic heterocycles. The number of carboxylic acids is 1. The Balaban J connectivity index is 2.08. The van der Waals surface area contributed by atoms with Gasteiger partial charge in [-0.2, -0.15) is 4.57 Å². The average molecular weight is 270 g/mol. The molecule has 4 nitrogen and oxygen atoms in total. The highest BCUT2D eigenvalue weighted by atomic mass is 16.5. The van der Waals surface area contributed by atoms with Gasteiger partial charge >= 0.3 is 5.97 Å². The van der Waals surface area contributed by atoms with Gasteiger partial charge in [0.15, 0.2) is 12.4 Å². The molecule has 0 radical (unpaired) electrons. The van der Waals surface area contributed by atoms with Crippen molar-refractivity contribution in [3.8, 4) is 5.75 Å². The van der Waals surface area contributed by atoms with Gasteiger partial charge in [-0.05, 0) is 23.3 Å². The van der Waals surface area contributed by atoms with Crippen molar-refractivity contribution in [3.05, 3.63) is 59.9 Å². The lowest BCUT2D eigenvalue weighted by Crippen LogP contribution is -2.36. The predicted molar refractivity (Wildman–Crippen MR) is 76.2 cm³/mol. The van der Waals surface area contributed by atoms with Crippen LogP contribution in [0.1, 0.15) is 11.1 Å². The molecule has 2 rings (SSSR count). The van der Waals surface area contributed by atoms with E-state index >= 15 is 0 Å². The fraction of sp³-hybridized carbons (Fsp3) is 0.125. The topological polar surface area (TPSA) is 50.4 Å². The van der Waals surface area contributed by atoms with Crippen LogP contribution in [0.3, 0.4) is 0 Å². The molecule has 0 unspecified atom stereocenters. The van der Waals surface area contributed by atoms with Crippen LogP contribution in [0, 0.1) is 0 Å². The second-order valence-corrected chi connectivity index (χ2v) is 4.31. The number of hydrogen-bond donors (Lipinski definition) is 1. The van der Waals surface area contributed by atoms with Crippen molar-refractivity contribution in [1.82, 2.24) is 0 Å². The number of ether oxygens (including phenoxy) is 1. The Morgan fingerprint density at radius 2 is 1.90 bits per heavy atom. The van der Waals surface area contributed by atoms with E-state index in [9.17, 15) is 4.79 Å². The number of aliphatic carboxylic acids is 1. The zero-order valence-corrected chi connectivity index (χ0v) is 11.2. The van der Waals surface area contributed by atoms with Crippen molar-refractivity contribution >= 4 is 18.1 Å². The zero-order chi connectivity index (χ0) is 14.4. The highest BCUT2D eigenvalue weighted by molar-refractivity contribution is 5.69. The first-order chi connectivity index (χ1) is 9.67. The van der Waals surface area contributed by atoms with Gasteiger partial charge in [0.05, 0.1) is 7.11 Å². The summed E-state index contributed by atoms with van der Waals surface area (Å²) in [5.74, 6) is -0.0332. The lowest BCUT2D eigenvalue weighted by atomic mass is 10.1. The number of rotatable bonds is 5. The van der Waals surface area contributed by atoms with Gasteiger partial charge in [-0.3, -0.25) is 0 Å². The number of nitrogens with zero attached hydrogens (tertiary/aromatic N) is 1. The molecule has 0 fully saturated rings. The third kappa shape index (κ3) is 3.95. The number of carboxylic acid groups (broad SMARTS) is 1. The molecule has 0 saturated heterocycles. The average Bonchev–Trinajstić information content (AvgIpc) is 2.46. The van der Waals surface area contributed by atoms with Crippen LogP contribution in [-0.2, 0) is 11.3 Å². The smallest absolute Gasteiger partial charge is 0.370 e. The normalized spacial score (nSPS) is 10.7. The highest BCUT2D eigenvalue weighted by Gasteiger charge is 2.05. The number of carbonyl (C=O) groups is 1. The molecule has 0 amide bonds. The number of methoxy groups -OCH3 is 1. The minimum Gasteiger partial charge on any atom is -0.497 e. The van der Waals surface area contributed by atoms with Crippen LogP contribution < -0.4 is 9.30 Å². The van der Waals surface area contributed by atoms with E-state index in [0.29, 0.717) is 0 Å². The molecule has 1 N–H and O–H groups in total. The third-order valence-electron chi connectivity index (χ3n) is 2.80. The van der Waals surface area contributed by atoms with Crippen molar-refractivity contribution in [2.24, 2.45) is 0 Å². The van der Waals surface area contributed by atoms with E-state index in [1.165, 1.54) is 0 Å². The molecule has 0 atom stereocenters. The van der Waals surface area contributed by atoms with Crippen LogP contribution in [0.5, 0.6) is 5.75 Å². The number of pyridine rings is 1. The molecule has 0 saturated carbocycles. The van der Waals surface area contributed by atoms with Gasteiger partial charge in [-0.15, -0.1) is 0 Å². The Morgan fingerprint density at radius 1 is 1.20 bits per heavy atom. The number of benzene rings is 1.